The third-order valence-electron chi connectivity index (χ3n) is 24.6. The third kappa shape index (κ3) is 9.99. The predicted octanol–water partition coefficient (Wildman–Crippen LogP) is 24.6. The summed E-state index contributed by atoms with van der Waals surface area (Å²) in [5, 5.41) is 4.93. The number of hydrogen-bond acceptors (Lipinski definition) is 2. The van der Waals surface area contributed by atoms with Gasteiger partial charge in [0.05, 0.1) is 27.8 Å². The van der Waals surface area contributed by atoms with Crippen LogP contribution in [0.2, 0.25) is 0 Å². The smallest absolute Gasteiger partial charge is 0.252 e. The van der Waals surface area contributed by atoms with E-state index in [1.807, 2.05) is 0 Å². The lowest BCUT2D eigenvalue weighted by atomic mass is 9.33. The highest BCUT2D eigenvalue weighted by Gasteiger charge is 2.45. The predicted molar refractivity (Wildman–Crippen MR) is 440 cm³/mol. The summed E-state index contributed by atoms with van der Waals surface area (Å²) in [6.45, 7) is 26.3. The standard InChI is InChI=1S/C98H87BN4/c1-94(2,3)70-25-21-24-65(54-70)69-38-47-83-89(58-69)100(71-40-32-63(33-41-71)67-36-45-79-81(56-67)97(8,9)52-50-95(79,4)5)91-60-74(103-87-31-20-17-28-77(87)78-55-66(39-49-88(78)103)62-22-13-12-14-23-62)61-92-93(91)99(83)84-48-44-73(102-85-29-18-15-26-75(85)76-27-16-19-30-86(76)102)59-90(84)101(92)72-42-34-64(35-43-72)68-37-46-80-82(57-68)98(10,11)53-51-96(80,6)7/h12-49,54-61H,50-53H2,1-11H3. The summed E-state index contributed by atoms with van der Waals surface area (Å²) < 4.78 is 5.05. The van der Waals surface area contributed by atoms with Crippen molar-refractivity contribution < 1.29 is 0 Å². The highest BCUT2D eigenvalue weighted by Crippen LogP contribution is 2.52. The van der Waals surface area contributed by atoms with Crippen LogP contribution in [-0.2, 0) is 27.1 Å². The van der Waals surface area contributed by atoms with Gasteiger partial charge in [-0.1, -0.05) is 270 Å². The molecule has 19 rings (SSSR count). The van der Waals surface area contributed by atoms with Crippen LogP contribution in [0.5, 0.6) is 0 Å². The lowest BCUT2D eigenvalue weighted by Crippen LogP contribution is -2.61. The Morgan fingerprint density at radius 2 is 0.641 bits per heavy atom. The van der Waals surface area contributed by atoms with Gasteiger partial charge in [0.25, 0.3) is 6.71 Å². The van der Waals surface area contributed by atoms with Crippen LogP contribution in [0.1, 0.15) is 130 Å². The summed E-state index contributed by atoms with van der Waals surface area (Å²) in [6, 6.07) is 108. The topological polar surface area (TPSA) is 16.3 Å². The van der Waals surface area contributed by atoms with Gasteiger partial charge in [0, 0.05) is 61.4 Å². The Morgan fingerprint density at radius 1 is 0.272 bits per heavy atom. The molecule has 5 heteroatoms. The number of rotatable bonds is 8. The molecule has 0 unspecified atom stereocenters. The molecule has 103 heavy (non-hydrogen) atoms. The Bertz CT molecular complexity index is 5930. The molecule has 4 heterocycles. The maximum Gasteiger partial charge on any atom is 0.252 e. The highest BCUT2D eigenvalue weighted by atomic mass is 15.2. The first kappa shape index (κ1) is 63.1. The molecule has 0 saturated carbocycles. The van der Waals surface area contributed by atoms with Gasteiger partial charge in [-0.25, -0.2) is 0 Å². The number of benzene rings is 13. The van der Waals surface area contributed by atoms with Gasteiger partial charge in [0.1, 0.15) is 0 Å². The molecule has 2 aliphatic carbocycles. The van der Waals surface area contributed by atoms with Crippen molar-refractivity contribution in [2.24, 2.45) is 0 Å². The average Bonchev–Trinajstić information content (AvgIpc) is 1.02. The van der Waals surface area contributed by atoms with E-state index >= 15 is 0 Å². The second-order valence-corrected chi connectivity index (χ2v) is 33.8. The van der Waals surface area contributed by atoms with Crippen molar-refractivity contribution in [1.82, 2.24) is 9.13 Å². The van der Waals surface area contributed by atoms with Gasteiger partial charge in [0.2, 0.25) is 0 Å². The molecule has 4 aliphatic rings. The van der Waals surface area contributed by atoms with Crippen molar-refractivity contribution >= 4 is 101 Å². The van der Waals surface area contributed by atoms with Crippen LogP contribution in [-0.4, -0.2) is 15.8 Å². The fraction of sp³-hybridized carbons (Fsp3) is 0.204. The summed E-state index contributed by atoms with van der Waals surface area (Å²) in [5.41, 5.74) is 34.9. The van der Waals surface area contributed by atoms with E-state index in [0.29, 0.717) is 0 Å². The van der Waals surface area contributed by atoms with Gasteiger partial charge < -0.3 is 18.9 Å². The Balaban J connectivity index is 0.893. The van der Waals surface area contributed by atoms with Crippen LogP contribution in [0.4, 0.5) is 34.1 Å². The molecule has 502 valence electrons. The highest BCUT2D eigenvalue weighted by molar-refractivity contribution is 7.00. The molecule has 0 radical (unpaired) electrons. The van der Waals surface area contributed by atoms with E-state index in [0.717, 1.165) is 50.8 Å². The summed E-state index contributed by atoms with van der Waals surface area (Å²) in [5.74, 6) is 0. The first-order valence-corrected chi connectivity index (χ1v) is 37.4. The first-order chi connectivity index (χ1) is 49.7. The molecule has 0 amide bonds. The van der Waals surface area contributed by atoms with Crippen LogP contribution >= 0.6 is 0 Å². The Kier molecular flexibility index (Phi) is 14.0. The van der Waals surface area contributed by atoms with E-state index in [4.69, 9.17) is 0 Å². The maximum absolute atomic E-state index is 2.63. The fourth-order valence-electron chi connectivity index (χ4n) is 18.5. The lowest BCUT2D eigenvalue weighted by molar-refractivity contribution is 0.332. The molecular formula is C98H87BN4. The van der Waals surface area contributed by atoms with E-state index in [2.05, 4.69) is 374 Å². The minimum atomic E-state index is -0.157. The molecule has 2 aliphatic heterocycles. The van der Waals surface area contributed by atoms with E-state index in [9.17, 15) is 0 Å². The maximum atomic E-state index is 2.63. The number of fused-ring (bicyclic) bond motifs is 12. The monoisotopic (exact) mass is 1330 g/mol. The Labute approximate surface area is 607 Å². The summed E-state index contributed by atoms with van der Waals surface area (Å²) in [4.78, 5) is 5.26. The van der Waals surface area contributed by atoms with Crippen molar-refractivity contribution in [3.05, 3.63) is 307 Å². The Hall–Kier alpha value is -10.9. The second-order valence-electron chi connectivity index (χ2n) is 33.8. The molecule has 0 atom stereocenters. The van der Waals surface area contributed by atoms with Crippen molar-refractivity contribution in [3.63, 3.8) is 0 Å². The van der Waals surface area contributed by atoms with E-state index in [1.165, 1.54) is 153 Å². The van der Waals surface area contributed by atoms with Crippen molar-refractivity contribution in [3.8, 4) is 55.9 Å². The normalized spacial score (nSPS) is 16.0. The van der Waals surface area contributed by atoms with Gasteiger partial charge in [-0.3, -0.25) is 0 Å². The van der Waals surface area contributed by atoms with Crippen LogP contribution in [0.25, 0.3) is 99.5 Å². The number of hydrogen-bond donors (Lipinski definition) is 0. The first-order valence-electron chi connectivity index (χ1n) is 37.4. The number of anilines is 6. The molecule has 0 bridgehead atoms. The summed E-state index contributed by atoms with van der Waals surface area (Å²) in [6.07, 6.45) is 4.71. The second kappa shape index (κ2) is 22.8. The van der Waals surface area contributed by atoms with Crippen molar-refractivity contribution in [2.75, 3.05) is 9.80 Å². The van der Waals surface area contributed by atoms with Crippen molar-refractivity contribution in [1.29, 1.82) is 0 Å². The molecule has 0 N–H and O–H groups in total. The minimum Gasteiger partial charge on any atom is -0.311 e. The molecule has 13 aromatic carbocycles. The minimum absolute atomic E-state index is 0.0323. The zero-order valence-corrected chi connectivity index (χ0v) is 61.3. The number of nitrogens with zero attached hydrogens (tertiary/aromatic N) is 4. The van der Waals surface area contributed by atoms with Gasteiger partial charge in [-0.2, -0.15) is 0 Å². The molecule has 0 fully saturated rings. The lowest BCUT2D eigenvalue weighted by Gasteiger charge is -2.44. The molecule has 2 aromatic heterocycles. The molecular weight excluding hydrogens is 1240 g/mol. The van der Waals surface area contributed by atoms with Gasteiger partial charge in [-0.15, -0.1) is 0 Å². The average molecular weight is 1330 g/mol. The summed E-state index contributed by atoms with van der Waals surface area (Å²) in [7, 11) is 0. The van der Waals surface area contributed by atoms with Crippen LogP contribution in [0, 0.1) is 0 Å². The van der Waals surface area contributed by atoms with Crippen LogP contribution in [0.15, 0.2) is 279 Å². The van der Waals surface area contributed by atoms with E-state index < -0.39 is 0 Å². The van der Waals surface area contributed by atoms with Crippen LogP contribution < -0.4 is 26.2 Å². The zero-order valence-electron chi connectivity index (χ0n) is 61.3. The molecule has 15 aromatic rings. The van der Waals surface area contributed by atoms with Gasteiger partial charge >= 0.3 is 0 Å². The summed E-state index contributed by atoms with van der Waals surface area (Å²) >= 11 is 0. The quantitative estimate of drug-likeness (QED) is 0.141. The fourth-order valence-corrected chi connectivity index (χ4v) is 18.5. The SMILES string of the molecule is CC(C)(C)c1cccc(-c2ccc3c(c2)N(c2ccc(-c4ccc5c(c4)C(C)(C)CCC5(C)C)cc2)c2cc(-n4c5ccccc5c5cc(-c6ccccc6)ccc54)cc4c2B3c2ccc(-n3c5ccccc5c5ccccc53)cc2N4c2ccc(-c3ccc4c(c3)C(C)(C)CCC4(C)C)cc2)c1. The molecule has 4 nitrogen and oxygen atoms in total. The van der Waals surface area contributed by atoms with E-state index in [1.54, 1.807) is 0 Å². The number of aromatic nitrogens is 2. The molecule has 0 spiro atoms. The van der Waals surface area contributed by atoms with E-state index in [-0.39, 0.29) is 33.8 Å². The molecule has 0 saturated heterocycles. The van der Waals surface area contributed by atoms with Crippen LogP contribution in [0.3, 0.4) is 0 Å². The largest absolute Gasteiger partial charge is 0.311 e. The third-order valence-corrected chi connectivity index (χ3v) is 24.6. The zero-order chi connectivity index (χ0) is 70.2. The number of para-hydroxylation sites is 3. The Morgan fingerprint density at radius 3 is 1.17 bits per heavy atom. The van der Waals surface area contributed by atoms with Crippen molar-refractivity contribution in [2.45, 2.75) is 129 Å². The van der Waals surface area contributed by atoms with Gasteiger partial charge in [0.15, 0.2) is 0 Å². The van der Waals surface area contributed by atoms with Gasteiger partial charge in [-0.05, 0) is 226 Å².